The van der Waals surface area contributed by atoms with E-state index in [9.17, 15) is 9.59 Å². The first-order valence-corrected chi connectivity index (χ1v) is 8.09. The summed E-state index contributed by atoms with van der Waals surface area (Å²) in [6.45, 7) is 5.74. The molecule has 1 atom stereocenters. The number of carbonyl (C=O) groups excluding carboxylic acids is 2. The number of carbonyl (C=O) groups is 2. The van der Waals surface area contributed by atoms with E-state index in [1.807, 2.05) is 44.2 Å². The van der Waals surface area contributed by atoms with Gasteiger partial charge in [-0.25, -0.2) is 4.79 Å². The molecular weight excluding hydrogens is 318 g/mol. The number of rotatable bonds is 6. The summed E-state index contributed by atoms with van der Waals surface area (Å²) in [5.74, 6) is -0.0849. The second-order valence-electron chi connectivity index (χ2n) is 5.99. The minimum atomic E-state index is -0.869. The van der Waals surface area contributed by atoms with Crippen LogP contribution in [0.1, 0.15) is 34.0 Å². The van der Waals surface area contributed by atoms with E-state index < -0.39 is 12.1 Å². The van der Waals surface area contributed by atoms with E-state index in [0.29, 0.717) is 12.1 Å². The van der Waals surface area contributed by atoms with Crippen molar-refractivity contribution in [2.45, 2.75) is 33.4 Å². The maximum atomic E-state index is 12.2. The standard InChI is InChI=1S/C20H23NO4/c1-13-9-14(2)11-17(10-13)20(23)25-15(3)19(22)21-12-16-5-7-18(24-4)8-6-16/h5-11,15H,12H2,1-4H3,(H,21,22)/t15-/m1/s1. The minimum absolute atomic E-state index is 0.339. The van der Waals surface area contributed by atoms with Gasteiger partial charge in [-0.05, 0) is 50.6 Å². The van der Waals surface area contributed by atoms with Crippen LogP contribution in [-0.2, 0) is 16.1 Å². The Hall–Kier alpha value is -2.82. The third-order valence-electron chi connectivity index (χ3n) is 3.74. The van der Waals surface area contributed by atoms with Crippen molar-refractivity contribution in [3.63, 3.8) is 0 Å². The largest absolute Gasteiger partial charge is 0.497 e. The van der Waals surface area contributed by atoms with Crippen LogP contribution in [0, 0.1) is 13.8 Å². The van der Waals surface area contributed by atoms with Crippen molar-refractivity contribution in [3.8, 4) is 5.75 Å². The van der Waals surface area contributed by atoms with Crippen molar-refractivity contribution in [2.75, 3.05) is 7.11 Å². The number of amides is 1. The zero-order chi connectivity index (χ0) is 18.4. The summed E-state index contributed by atoms with van der Waals surface area (Å²) < 4.78 is 10.4. The summed E-state index contributed by atoms with van der Waals surface area (Å²) >= 11 is 0. The van der Waals surface area contributed by atoms with E-state index in [1.54, 1.807) is 26.2 Å². The highest BCUT2D eigenvalue weighted by atomic mass is 16.5. The third kappa shape index (κ3) is 5.35. The fourth-order valence-corrected chi connectivity index (χ4v) is 2.45. The number of esters is 1. The maximum Gasteiger partial charge on any atom is 0.338 e. The first-order chi connectivity index (χ1) is 11.9. The lowest BCUT2D eigenvalue weighted by atomic mass is 10.1. The summed E-state index contributed by atoms with van der Waals surface area (Å²) in [5, 5.41) is 2.76. The molecule has 0 aliphatic carbocycles. The zero-order valence-corrected chi connectivity index (χ0v) is 15.0. The van der Waals surface area contributed by atoms with E-state index in [1.165, 1.54) is 0 Å². The van der Waals surface area contributed by atoms with Crippen LogP contribution in [0.15, 0.2) is 42.5 Å². The summed E-state index contributed by atoms with van der Waals surface area (Å²) in [4.78, 5) is 24.3. The molecule has 5 heteroatoms. The van der Waals surface area contributed by atoms with Crippen molar-refractivity contribution in [1.82, 2.24) is 5.32 Å². The molecule has 2 aromatic rings. The molecule has 25 heavy (non-hydrogen) atoms. The number of aryl methyl sites for hydroxylation is 2. The molecule has 0 bridgehead atoms. The molecule has 1 N–H and O–H groups in total. The van der Waals surface area contributed by atoms with Gasteiger partial charge in [0.1, 0.15) is 5.75 Å². The van der Waals surface area contributed by atoms with Gasteiger partial charge in [-0.15, -0.1) is 0 Å². The van der Waals surface area contributed by atoms with Crippen LogP contribution >= 0.6 is 0 Å². The fourth-order valence-electron chi connectivity index (χ4n) is 2.45. The molecule has 0 radical (unpaired) electrons. The molecule has 0 saturated heterocycles. The molecule has 1 amide bonds. The molecule has 0 unspecified atom stereocenters. The summed E-state index contributed by atoms with van der Waals surface area (Å²) in [7, 11) is 1.60. The summed E-state index contributed by atoms with van der Waals surface area (Å²) in [6, 6.07) is 12.9. The quantitative estimate of drug-likeness (QED) is 0.820. The Morgan fingerprint density at radius 1 is 1.04 bits per heavy atom. The highest BCUT2D eigenvalue weighted by Crippen LogP contribution is 2.12. The first-order valence-electron chi connectivity index (χ1n) is 8.09. The van der Waals surface area contributed by atoms with E-state index in [0.717, 1.165) is 22.4 Å². The molecule has 5 nitrogen and oxygen atoms in total. The smallest absolute Gasteiger partial charge is 0.338 e. The number of hydrogen-bond donors (Lipinski definition) is 1. The zero-order valence-electron chi connectivity index (χ0n) is 15.0. The molecule has 132 valence electrons. The van der Waals surface area contributed by atoms with Crippen LogP contribution < -0.4 is 10.1 Å². The Morgan fingerprint density at radius 2 is 1.64 bits per heavy atom. The molecule has 0 fully saturated rings. The number of benzene rings is 2. The van der Waals surface area contributed by atoms with Gasteiger partial charge in [-0.3, -0.25) is 4.79 Å². The van der Waals surface area contributed by atoms with Gasteiger partial charge < -0.3 is 14.8 Å². The molecule has 2 aromatic carbocycles. The van der Waals surface area contributed by atoms with Gasteiger partial charge in [0.05, 0.1) is 12.7 Å². The maximum absolute atomic E-state index is 12.2. The lowest BCUT2D eigenvalue weighted by Gasteiger charge is -2.14. The lowest BCUT2D eigenvalue weighted by Crippen LogP contribution is -2.35. The average molecular weight is 341 g/mol. The van der Waals surface area contributed by atoms with E-state index >= 15 is 0 Å². The van der Waals surface area contributed by atoms with E-state index in [4.69, 9.17) is 9.47 Å². The Bertz CT molecular complexity index is 733. The molecule has 0 aromatic heterocycles. The molecule has 0 aliphatic heterocycles. The molecule has 0 saturated carbocycles. The first kappa shape index (κ1) is 18.5. The van der Waals surface area contributed by atoms with Crippen molar-refractivity contribution in [1.29, 1.82) is 0 Å². The third-order valence-corrected chi connectivity index (χ3v) is 3.74. The Balaban J connectivity index is 1.89. The second kappa shape index (κ2) is 8.33. The number of methoxy groups -OCH3 is 1. The fraction of sp³-hybridized carbons (Fsp3) is 0.300. The Morgan fingerprint density at radius 3 is 2.20 bits per heavy atom. The van der Waals surface area contributed by atoms with Gasteiger partial charge in [-0.1, -0.05) is 29.3 Å². The van der Waals surface area contributed by atoms with Crippen LogP contribution in [0.4, 0.5) is 0 Å². The highest BCUT2D eigenvalue weighted by molar-refractivity contribution is 5.92. The van der Waals surface area contributed by atoms with E-state index in [2.05, 4.69) is 5.32 Å². The van der Waals surface area contributed by atoms with Crippen LogP contribution in [0.2, 0.25) is 0 Å². The van der Waals surface area contributed by atoms with Crippen molar-refractivity contribution >= 4 is 11.9 Å². The Kier molecular flexibility index (Phi) is 6.17. The van der Waals surface area contributed by atoms with Crippen molar-refractivity contribution in [2.24, 2.45) is 0 Å². The lowest BCUT2D eigenvalue weighted by molar-refractivity contribution is -0.129. The normalized spacial score (nSPS) is 11.5. The van der Waals surface area contributed by atoms with Crippen LogP contribution in [-0.4, -0.2) is 25.1 Å². The van der Waals surface area contributed by atoms with Crippen molar-refractivity contribution < 1.29 is 19.1 Å². The van der Waals surface area contributed by atoms with Crippen molar-refractivity contribution in [3.05, 3.63) is 64.7 Å². The number of ether oxygens (including phenoxy) is 2. The van der Waals surface area contributed by atoms with Gasteiger partial charge in [0.15, 0.2) is 6.10 Å². The molecule has 2 rings (SSSR count). The van der Waals surface area contributed by atoms with Gasteiger partial charge in [-0.2, -0.15) is 0 Å². The highest BCUT2D eigenvalue weighted by Gasteiger charge is 2.19. The second-order valence-corrected chi connectivity index (χ2v) is 5.99. The summed E-state index contributed by atoms with van der Waals surface area (Å²) in [5.41, 5.74) is 3.33. The SMILES string of the molecule is COc1ccc(CNC(=O)[C@@H](C)OC(=O)c2cc(C)cc(C)c2)cc1. The van der Waals surface area contributed by atoms with E-state index in [-0.39, 0.29) is 5.91 Å². The van der Waals surface area contributed by atoms with Gasteiger partial charge in [0.25, 0.3) is 5.91 Å². The predicted octanol–water partition coefficient (Wildman–Crippen LogP) is 3.17. The van der Waals surface area contributed by atoms with Crippen LogP contribution in [0.5, 0.6) is 5.75 Å². The monoisotopic (exact) mass is 341 g/mol. The van der Waals surface area contributed by atoms with Gasteiger partial charge in [0.2, 0.25) is 0 Å². The Labute approximate surface area is 148 Å². The molecule has 0 spiro atoms. The topological polar surface area (TPSA) is 64.6 Å². The van der Waals surface area contributed by atoms with Crippen LogP contribution in [0.25, 0.3) is 0 Å². The number of nitrogens with one attached hydrogen (secondary N) is 1. The predicted molar refractivity (Wildman–Crippen MR) is 95.6 cm³/mol. The molecule has 0 aliphatic rings. The average Bonchev–Trinajstić information content (AvgIpc) is 2.59. The molecular formula is C20H23NO4. The van der Waals surface area contributed by atoms with Gasteiger partial charge >= 0.3 is 5.97 Å². The van der Waals surface area contributed by atoms with Crippen LogP contribution in [0.3, 0.4) is 0 Å². The minimum Gasteiger partial charge on any atom is -0.497 e. The number of hydrogen-bond acceptors (Lipinski definition) is 4. The molecule has 0 heterocycles. The summed E-state index contributed by atoms with van der Waals surface area (Å²) in [6.07, 6.45) is -0.869. The van der Waals surface area contributed by atoms with Gasteiger partial charge in [0, 0.05) is 6.54 Å².